The van der Waals surface area contributed by atoms with E-state index < -0.39 is 5.92 Å². The van der Waals surface area contributed by atoms with Gasteiger partial charge < -0.3 is 0 Å². The lowest BCUT2D eigenvalue weighted by molar-refractivity contribution is 0.0172. The molecule has 0 spiro atoms. The summed E-state index contributed by atoms with van der Waals surface area (Å²) < 4.78 is 25.6. The monoisotopic (exact) mass is 215 g/mol. The largest absolute Gasteiger partial charge is 0.296 e. The van der Waals surface area contributed by atoms with E-state index in [0.29, 0.717) is 4.21 Å². The van der Waals surface area contributed by atoms with Gasteiger partial charge in [0.25, 0.3) is 5.92 Å². The average Bonchev–Trinajstić information content (AvgIpc) is 2.32. The smallest absolute Gasteiger partial charge is 0.242 e. The molecular weight excluding hydrogens is 212 g/mol. The molecule has 0 bridgehead atoms. The Kier molecular flexibility index (Phi) is 2.72. The molecule has 0 saturated carbocycles. The molecule has 0 unspecified atom stereocenters. The lowest BCUT2D eigenvalue weighted by Crippen LogP contribution is -2.05. The zero-order valence-corrected chi connectivity index (χ0v) is 7.86. The van der Waals surface area contributed by atoms with Crippen LogP contribution in [0.5, 0.6) is 0 Å². The Balaban J connectivity index is 2.89. The highest BCUT2D eigenvalue weighted by Crippen LogP contribution is 2.35. The fraction of sp³-hybridized carbons (Fsp3) is 0.400. The van der Waals surface area contributed by atoms with Gasteiger partial charge in [0.1, 0.15) is 0 Å². The highest BCUT2D eigenvalue weighted by Gasteiger charge is 2.28. The second kappa shape index (κ2) is 3.25. The zero-order chi connectivity index (χ0) is 8.48. The van der Waals surface area contributed by atoms with Gasteiger partial charge in [-0.15, -0.1) is 11.3 Å². The molecule has 0 N–H and O–H groups in total. The van der Waals surface area contributed by atoms with Crippen molar-refractivity contribution in [2.45, 2.75) is 17.1 Å². The van der Waals surface area contributed by atoms with Crippen LogP contribution >= 0.6 is 33.0 Å². The second-order valence-corrected chi connectivity index (χ2v) is 4.30. The molecule has 1 aromatic rings. The van der Waals surface area contributed by atoms with E-state index >= 15 is 0 Å². The van der Waals surface area contributed by atoms with Crippen molar-refractivity contribution in [1.29, 1.82) is 0 Å². The van der Waals surface area contributed by atoms with Gasteiger partial charge in [-0.2, -0.15) is 8.78 Å². The van der Waals surface area contributed by atoms with Gasteiger partial charge in [0.2, 0.25) is 0 Å². The van der Waals surface area contributed by atoms with Crippen molar-refractivity contribution in [1.82, 2.24) is 4.98 Å². The molecule has 1 nitrogen and oxygen atoms in total. The lowest BCUT2D eigenvalue weighted by atomic mass is 10.4. The molecular formula is C5H4ClF2NS2. The van der Waals surface area contributed by atoms with Crippen LogP contribution in [0, 0.1) is 0 Å². The predicted molar refractivity (Wildman–Crippen MR) is 43.4 cm³/mol. The number of rotatable bonds is 2. The van der Waals surface area contributed by atoms with E-state index in [2.05, 4.69) is 4.98 Å². The van der Waals surface area contributed by atoms with Crippen molar-refractivity contribution in [3.8, 4) is 0 Å². The molecule has 0 amide bonds. The molecule has 0 aliphatic heterocycles. The molecule has 1 heterocycles. The summed E-state index contributed by atoms with van der Waals surface area (Å²) in [7, 11) is 6.23. The molecule has 1 aromatic heterocycles. The first-order valence-corrected chi connectivity index (χ1v) is 5.12. The van der Waals surface area contributed by atoms with E-state index in [1.807, 2.05) is 0 Å². The molecule has 0 atom stereocenters. The quantitative estimate of drug-likeness (QED) is 0.749. The predicted octanol–water partition coefficient (Wildman–Crippen LogP) is 3.50. The van der Waals surface area contributed by atoms with Crippen molar-refractivity contribution in [3.63, 3.8) is 0 Å². The number of alkyl halides is 2. The van der Waals surface area contributed by atoms with E-state index in [1.165, 1.54) is 6.20 Å². The van der Waals surface area contributed by atoms with Gasteiger partial charge in [-0.05, 0) is 21.7 Å². The summed E-state index contributed by atoms with van der Waals surface area (Å²) in [6.45, 7) is 0.814. The minimum absolute atomic E-state index is 0.194. The van der Waals surface area contributed by atoms with Crippen LogP contribution in [0.1, 0.15) is 11.9 Å². The Morgan fingerprint density at radius 3 is 2.64 bits per heavy atom. The van der Waals surface area contributed by atoms with Crippen molar-refractivity contribution >= 4 is 33.0 Å². The number of aromatic nitrogens is 1. The maximum Gasteiger partial charge on any atom is 0.296 e. The van der Waals surface area contributed by atoms with E-state index in [1.54, 1.807) is 0 Å². The van der Waals surface area contributed by atoms with Crippen LogP contribution in [0.4, 0.5) is 8.78 Å². The molecule has 0 fully saturated rings. The van der Waals surface area contributed by atoms with Crippen molar-refractivity contribution in [3.05, 3.63) is 11.2 Å². The summed E-state index contributed by atoms with van der Waals surface area (Å²) in [4.78, 5) is 3.52. The van der Waals surface area contributed by atoms with E-state index in [4.69, 9.17) is 10.7 Å². The average molecular weight is 216 g/mol. The zero-order valence-electron chi connectivity index (χ0n) is 5.47. The van der Waals surface area contributed by atoms with Crippen molar-refractivity contribution in [2.75, 3.05) is 0 Å². The first kappa shape index (κ1) is 9.22. The summed E-state index contributed by atoms with van der Waals surface area (Å²) >= 11 is 0.910. The van der Waals surface area contributed by atoms with Gasteiger partial charge in [0, 0.05) is 6.92 Å². The topological polar surface area (TPSA) is 12.9 Å². The van der Waals surface area contributed by atoms with Crippen LogP contribution in [-0.2, 0) is 5.92 Å². The normalized spacial score (nSPS) is 12.0. The first-order chi connectivity index (χ1) is 5.04. The SMILES string of the molecule is CC(F)(F)c1ncc(SCl)s1. The fourth-order valence-electron chi connectivity index (χ4n) is 0.498. The van der Waals surface area contributed by atoms with E-state index in [0.717, 1.165) is 29.2 Å². The summed E-state index contributed by atoms with van der Waals surface area (Å²) in [6.07, 6.45) is 1.34. The molecule has 62 valence electrons. The summed E-state index contributed by atoms with van der Waals surface area (Å²) in [6, 6.07) is 0. The summed E-state index contributed by atoms with van der Waals surface area (Å²) in [5.74, 6) is -2.85. The number of hydrogen-bond acceptors (Lipinski definition) is 3. The molecule has 0 aromatic carbocycles. The maximum absolute atomic E-state index is 12.5. The fourth-order valence-corrected chi connectivity index (χ4v) is 1.94. The molecule has 0 aliphatic carbocycles. The Hall–Kier alpha value is 0.130. The van der Waals surface area contributed by atoms with Crippen LogP contribution in [0.2, 0.25) is 0 Å². The molecule has 0 aliphatic rings. The van der Waals surface area contributed by atoms with Gasteiger partial charge in [0.05, 0.1) is 10.4 Å². The third-order valence-electron chi connectivity index (χ3n) is 0.936. The third kappa shape index (κ3) is 2.28. The molecule has 0 radical (unpaired) electrons. The Morgan fingerprint density at radius 2 is 2.36 bits per heavy atom. The standard InChI is InChI=1S/C5H4ClF2NS2/c1-5(7,8)4-9-2-3(10-4)11-6/h2H,1H3. The Bertz CT molecular complexity index is 245. The first-order valence-electron chi connectivity index (χ1n) is 2.67. The van der Waals surface area contributed by atoms with Crippen LogP contribution in [0.25, 0.3) is 0 Å². The highest BCUT2D eigenvalue weighted by atomic mass is 35.7. The molecule has 6 heteroatoms. The van der Waals surface area contributed by atoms with Crippen LogP contribution in [-0.4, -0.2) is 4.98 Å². The molecule has 0 saturated heterocycles. The maximum atomic E-state index is 12.5. The number of thiazole rings is 1. The highest BCUT2D eigenvalue weighted by molar-refractivity contribution is 8.22. The Labute approximate surface area is 75.3 Å². The van der Waals surface area contributed by atoms with Gasteiger partial charge in [0.15, 0.2) is 5.01 Å². The Morgan fingerprint density at radius 1 is 1.73 bits per heavy atom. The minimum Gasteiger partial charge on any atom is -0.242 e. The summed E-state index contributed by atoms with van der Waals surface area (Å²) in [5.41, 5.74) is 0. The van der Waals surface area contributed by atoms with Gasteiger partial charge in [-0.3, -0.25) is 0 Å². The number of hydrogen-bond donors (Lipinski definition) is 0. The molecule has 11 heavy (non-hydrogen) atoms. The number of nitrogens with zero attached hydrogens (tertiary/aromatic N) is 1. The van der Waals surface area contributed by atoms with Crippen molar-refractivity contribution < 1.29 is 8.78 Å². The second-order valence-electron chi connectivity index (χ2n) is 1.95. The van der Waals surface area contributed by atoms with Crippen molar-refractivity contribution in [2.24, 2.45) is 0 Å². The lowest BCUT2D eigenvalue weighted by Gasteiger charge is -2.03. The third-order valence-corrected chi connectivity index (χ3v) is 3.43. The minimum atomic E-state index is -2.85. The van der Waals surface area contributed by atoms with E-state index in [9.17, 15) is 8.78 Å². The molecule has 1 rings (SSSR count). The number of halogens is 3. The summed E-state index contributed by atoms with van der Waals surface area (Å²) in [5, 5.41) is -0.194. The van der Waals surface area contributed by atoms with Gasteiger partial charge in [-0.1, -0.05) is 0 Å². The van der Waals surface area contributed by atoms with Gasteiger partial charge >= 0.3 is 0 Å². The van der Waals surface area contributed by atoms with E-state index in [-0.39, 0.29) is 5.01 Å². The van der Waals surface area contributed by atoms with Crippen LogP contribution in [0.15, 0.2) is 10.4 Å². The van der Waals surface area contributed by atoms with Crippen LogP contribution in [0.3, 0.4) is 0 Å². The van der Waals surface area contributed by atoms with Gasteiger partial charge in [-0.25, -0.2) is 4.98 Å². The van der Waals surface area contributed by atoms with Crippen LogP contribution < -0.4 is 0 Å².